The van der Waals surface area contributed by atoms with E-state index in [0.29, 0.717) is 5.69 Å². The molecule has 2 rings (SSSR count). The molecule has 0 fully saturated rings. The van der Waals surface area contributed by atoms with Crippen molar-refractivity contribution in [1.82, 2.24) is 0 Å². The van der Waals surface area contributed by atoms with Crippen molar-refractivity contribution in [3.8, 4) is 6.07 Å². The van der Waals surface area contributed by atoms with E-state index in [0.717, 1.165) is 10.5 Å². The number of nitrogens with one attached hydrogen (secondary N) is 2. The molecule has 0 aromatic heterocycles. The highest BCUT2D eigenvalue weighted by Crippen LogP contribution is 2.27. The minimum atomic E-state index is -0.710. The lowest BCUT2D eigenvalue weighted by Crippen LogP contribution is -2.14. The second-order valence-electron chi connectivity index (χ2n) is 4.67. The van der Waals surface area contributed by atoms with Gasteiger partial charge in [0.1, 0.15) is 16.7 Å². The zero-order valence-corrected chi connectivity index (χ0v) is 14.8. The third-order valence-electron chi connectivity index (χ3n) is 3.01. The smallest absolute Gasteiger partial charge is 0.289 e. The van der Waals surface area contributed by atoms with Gasteiger partial charge in [-0.3, -0.25) is 14.9 Å². The van der Waals surface area contributed by atoms with E-state index >= 15 is 0 Å². The Morgan fingerprint density at radius 1 is 1.32 bits per heavy atom. The lowest BCUT2D eigenvalue weighted by Gasteiger charge is -2.06. The fourth-order valence-electron chi connectivity index (χ4n) is 1.81. The Kier molecular flexibility index (Phi) is 6.11. The van der Waals surface area contributed by atoms with Gasteiger partial charge in [0.05, 0.1) is 10.6 Å². The summed E-state index contributed by atoms with van der Waals surface area (Å²) in [6, 6.07) is 12.8. The highest BCUT2D eigenvalue weighted by atomic mass is 79.9. The maximum Gasteiger partial charge on any atom is 0.289 e. The molecular formula is C16H10BrClN4O3. The molecule has 2 aromatic rings. The molecule has 0 aliphatic rings. The molecular weight excluding hydrogens is 412 g/mol. The molecule has 2 aromatic carbocycles. The summed E-state index contributed by atoms with van der Waals surface area (Å²) in [7, 11) is 0. The molecule has 0 aliphatic heterocycles. The van der Waals surface area contributed by atoms with Crippen LogP contribution in [0.15, 0.2) is 58.7 Å². The lowest BCUT2D eigenvalue weighted by atomic mass is 10.2. The van der Waals surface area contributed by atoms with Gasteiger partial charge < -0.3 is 10.6 Å². The number of benzene rings is 2. The number of para-hydroxylation sites is 1. The average Bonchev–Trinajstić information content (AvgIpc) is 2.58. The van der Waals surface area contributed by atoms with E-state index in [4.69, 9.17) is 16.9 Å². The van der Waals surface area contributed by atoms with Crippen LogP contribution in [-0.4, -0.2) is 10.8 Å². The molecule has 25 heavy (non-hydrogen) atoms. The van der Waals surface area contributed by atoms with Crippen molar-refractivity contribution in [2.24, 2.45) is 0 Å². The summed E-state index contributed by atoms with van der Waals surface area (Å²) in [4.78, 5) is 22.4. The van der Waals surface area contributed by atoms with E-state index < -0.39 is 10.8 Å². The molecule has 0 atom stereocenters. The van der Waals surface area contributed by atoms with Gasteiger partial charge in [0.25, 0.3) is 11.6 Å². The van der Waals surface area contributed by atoms with Crippen LogP contribution in [0.5, 0.6) is 0 Å². The summed E-state index contributed by atoms with van der Waals surface area (Å²) in [5.74, 6) is -0.710. The lowest BCUT2D eigenvalue weighted by molar-refractivity contribution is -0.384. The first-order chi connectivity index (χ1) is 11.9. The van der Waals surface area contributed by atoms with Crippen LogP contribution in [0.25, 0.3) is 0 Å². The molecule has 0 aliphatic carbocycles. The number of amides is 1. The third-order valence-corrected chi connectivity index (χ3v) is 4.02. The number of carbonyl (C=O) groups is 1. The molecule has 0 saturated carbocycles. The second kappa shape index (κ2) is 8.28. The Bertz CT molecular complexity index is 908. The Balaban J connectivity index is 2.17. The highest BCUT2D eigenvalue weighted by molar-refractivity contribution is 9.10. The SMILES string of the molecule is N#C/C(=C/Nc1ccccc1Br)C(=O)Nc1ccc(Cl)c([N+](=O)[O-])c1. The molecule has 0 spiro atoms. The Hall–Kier alpha value is -2.89. The molecule has 0 saturated heterocycles. The first-order valence-corrected chi connectivity index (χ1v) is 7.96. The van der Waals surface area contributed by atoms with Crippen molar-refractivity contribution in [2.45, 2.75) is 0 Å². The Morgan fingerprint density at radius 2 is 2.04 bits per heavy atom. The number of nitrogens with zero attached hydrogens (tertiary/aromatic N) is 2. The minimum absolute atomic E-state index is 0.0466. The Labute approximate surface area is 156 Å². The first kappa shape index (κ1) is 18.4. The highest BCUT2D eigenvalue weighted by Gasteiger charge is 2.15. The molecule has 2 N–H and O–H groups in total. The van der Waals surface area contributed by atoms with E-state index in [2.05, 4.69) is 26.6 Å². The van der Waals surface area contributed by atoms with Crippen molar-refractivity contribution < 1.29 is 9.72 Å². The zero-order valence-electron chi connectivity index (χ0n) is 12.5. The molecule has 0 bridgehead atoms. The van der Waals surface area contributed by atoms with Crippen LogP contribution in [0, 0.1) is 21.4 Å². The number of hydrogen-bond acceptors (Lipinski definition) is 5. The zero-order chi connectivity index (χ0) is 18.4. The number of anilines is 2. The van der Waals surface area contributed by atoms with E-state index in [-0.39, 0.29) is 22.0 Å². The summed E-state index contributed by atoms with van der Waals surface area (Å²) in [6.07, 6.45) is 1.25. The van der Waals surface area contributed by atoms with Gasteiger partial charge in [-0.25, -0.2) is 0 Å². The van der Waals surface area contributed by atoms with Crippen LogP contribution in [0.1, 0.15) is 0 Å². The van der Waals surface area contributed by atoms with E-state index in [1.165, 1.54) is 18.3 Å². The summed E-state index contributed by atoms with van der Waals surface area (Å²) in [5, 5.41) is 25.2. The van der Waals surface area contributed by atoms with E-state index in [1.54, 1.807) is 24.3 Å². The third kappa shape index (κ3) is 4.79. The predicted octanol–water partition coefficient (Wildman–Crippen LogP) is 4.47. The van der Waals surface area contributed by atoms with Gasteiger partial charge in [-0.2, -0.15) is 5.26 Å². The van der Waals surface area contributed by atoms with Gasteiger partial charge >= 0.3 is 0 Å². The van der Waals surface area contributed by atoms with Gasteiger partial charge in [0.15, 0.2) is 0 Å². The number of nitro groups is 1. The number of nitro benzene ring substituents is 1. The molecule has 0 radical (unpaired) electrons. The molecule has 126 valence electrons. The fourth-order valence-corrected chi connectivity index (χ4v) is 2.39. The van der Waals surface area contributed by atoms with E-state index in [1.807, 2.05) is 6.07 Å². The number of hydrogen-bond donors (Lipinski definition) is 2. The first-order valence-electron chi connectivity index (χ1n) is 6.79. The average molecular weight is 422 g/mol. The summed E-state index contributed by atoms with van der Waals surface area (Å²) >= 11 is 9.05. The van der Waals surface area contributed by atoms with Gasteiger partial charge in [0, 0.05) is 22.4 Å². The molecule has 9 heteroatoms. The van der Waals surface area contributed by atoms with Crippen molar-refractivity contribution in [2.75, 3.05) is 10.6 Å². The maximum atomic E-state index is 12.2. The molecule has 0 heterocycles. The van der Waals surface area contributed by atoms with Gasteiger partial charge in [-0.1, -0.05) is 23.7 Å². The van der Waals surface area contributed by atoms with Crippen LogP contribution in [-0.2, 0) is 4.79 Å². The normalized spacial score (nSPS) is 10.7. The Morgan fingerprint density at radius 3 is 2.68 bits per heavy atom. The summed E-state index contributed by atoms with van der Waals surface area (Å²) < 4.78 is 0.761. The monoisotopic (exact) mass is 420 g/mol. The summed E-state index contributed by atoms with van der Waals surface area (Å²) in [6.45, 7) is 0. The van der Waals surface area contributed by atoms with Crippen LogP contribution >= 0.6 is 27.5 Å². The predicted molar refractivity (Wildman–Crippen MR) is 98.2 cm³/mol. The van der Waals surface area contributed by atoms with Gasteiger partial charge in [-0.05, 0) is 40.2 Å². The van der Waals surface area contributed by atoms with Crippen molar-refractivity contribution in [1.29, 1.82) is 5.26 Å². The van der Waals surface area contributed by atoms with Gasteiger partial charge in [-0.15, -0.1) is 0 Å². The number of nitriles is 1. The van der Waals surface area contributed by atoms with Crippen molar-refractivity contribution >= 4 is 50.5 Å². The largest absolute Gasteiger partial charge is 0.359 e. The van der Waals surface area contributed by atoms with Crippen molar-refractivity contribution in [3.63, 3.8) is 0 Å². The number of rotatable bonds is 5. The standard InChI is InChI=1S/C16H10BrClN4O3/c17-12-3-1-2-4-14(12)20-9-10(8-19)16(23)21-11-5-6-13(18)15(7-11)22(24)25/h1-7,9,20H,(H,21,23)/b10-9-. The van der Waals surface area contributed by atoms with Crippen LogP contribution in [0.3, 0.4) is 0 Å². The topological polar surface area (TPSA) is 108 Å². The molecule has 1 amide bonds. The maximum absolute atomic E-state index is 12.2. The number of carbonyl (C=O) groups excluding carboxylic acids is 1. The van der Waals surface area contributed by atoms with Gasteiger partial charge in [0.2, 0.25) is 0 Å². The minimum Gasteiger partial charge on any atom is -0.359 e. The summed E-state index contributed by atoms with van der Waals surface area (Å²) in [5.41, 5.74) is 0.287. The fraction of sp³-hybridized carbons (Fsp3) is 0. The molecule has 7 nitrogen and oxygen atoms in total. The second-order valence-corrected chi connectivity index (χ2v) is 5.93. The molecule has 0 unspecified atom stereocenters. The quantitative estimate of drug-likeness (QED) is 0.320. The van der Waals surface area contributed by atoms with Crippen LogP contribution in [0.4, 0.5) is 17.1 Å². The van der Waals surface area contributed by atoms with E-state index in [9.17, 15) is 14.9 Å². The number of halogens is 2. The van der Waals surface area contributed by atoms with Crippen molar-refractivity contribution in [3.05, 3.63) is 73.8 Å². The van der Waals surface area contributed by atoms with Crippen LogP contribution < -0.4 is 10.6 Å². The van der Waals surface area contributed by atoms with Crippen LogP contribution in [0.2, 0.25) is 5.02 Å².